The van der Waals surface area contributed by atoms with E-state index in [1.54, 1.807) is 0 Å². The molecule has 0 heterocycles. The lowest BCUT2D eigenvalue weighted by molar-refractivity contribution is 1.50. The number of hydrogen-bond acceptors (Lipinski definition) is 3. The summed E-state index contributed by atoms with van der Waals surface area (Å²) in [5, 5.41) is 6.91. The highest BCUT2D eigenvalue weighted by Crippen LogP contribution is 2.06. The van der Waals surface area contributed by atoms with Gasteiger partial charge in [0, 0.05) is 0 Å². The third-order valence-corrected chi connectivity index (χ3v) is 2.11. The summed E-state index contributed by atoms with van der Waals surface area (Å²) in [7, 11) is 0. The quantitative estimate of drug-likeness (QED) is 0.425. The van der Waals surface area contributed by atoms with Crippen LogP contribution in [0, 0.1) is 5.41 Å². The van der Waals surface area contributed by atoms with Gasteiger partial charge >= 0.3 is 0 Å². The Balaban J connectivity index is 0. The van der Waals surface area contributed by atoms with Gasteiger partial charge in [0.15, 0.2) is 0 Å². The summed E-state index contributed by atoms with van der Waals surface area (Å²) >= 11 is 2.94. The Morgan fingerprint density at radius 2 is 1.38 bits per heavy atom. The summed E-state index contributed by atoms with van der Waals surface area (Å²) in [6.07, 6.45) is 3.80. The highest BCUT2D eigenvalue weighted by atomic mass is 32.2. The molecule has 0 bridgehead atoms. The van der Waals surface area contributed by atoms with Gasteiger partial charge < -0.3 is 0 Å². The molecule has 50 valence electrons. The van der Waals surface area contributed by atoms with Gasteiger partial charge in [-0.05, 0) is 12.5 Å². The first-order valence-electron chi connectivity index (χ1n) is 2.47. The molecule has 0 atom stereocenters. The fraction of sp³-hybridized carbons (Fsp3) is 0.800. The van der Waals surface area contributed by atoms with E-state index in [9.17, 15) is 0 Å². The monoisotopic (exact) mass is 151 g/mol. The van der Waals surface area contributed by atoms with Crippen LogP contribution in [0.1, 0.15) is 13.8 Å². The average molecular weight is 151 g/mol. The standard InChI is InChI=1S/C3H7NS2.C2H6/c1-5-3(4)6-2;1-2/h4H,1-2H3;1-2H3. The molecule has 3 heteroatoms. The van der Waals surface area contributed by atoms with E-state index in [4.69, 9.17) is 5.41 Å². The Hall–Kier alpha value is 0.370. The summed E-state index contributed by atoms with van der Waals surface area (Å²) in [6.45, 7) is 4.00. The van der Waals surface area contributed by atoms with Gasteiger partial charge in [-0.15, -0.1) is 23.5 Å². The van der Waals surface area contributed by atoms with Crippen molar-refractivity contribution >= 4 is 27.9 Å². The molecule has 1 nitrogen and oxygen atoms in total. The number of nitrogens with one attached hydrogen (secondary N) is 1. The van der Waals surface area contributed by atoms with Gasteiger partial charge in [-0.2, -0.15) is 0 Å². The lowest BCUT2D eigenvalue weighted by Crippen LogP contribution is -1.72. The third-order valence-electron chi connectivity index (χ3n) is 0.371. The number of thioether (sulfide) groups is 2. The lowest BCUT2D eigenvalue weighted by atomic mass is 11.0. The molecule has 0 radical (unpaired) electrons. The van der Waals surface area contributed by atoms with Crippen molar-refractivity contribution in [2.24, 2.45) is 0 Å². The molecular formula is C5H13NS2. The fourth-order valence-electron chi connectivity index (χ4n) is 0.0833. The molecule has 0 rings (SSSR count). The van der Waals surface area contributed by atoms with Gasteiger partial charge in [0.1, 0.15) is 4.38 Å². The Morgan fingerprint density at radius 3 is 1.38 bits per heavy atom. The highest BCUT2D eigenvalue weighted by molar-refractivity contribution is 8.38. The molecule has 0 unspecified atom stereocenters. The maximum atomic E-state index is 6.91. The molecule has 0 aliphatic rings. The van der Waals surface area contributed by atoms with Gasteiger partial charge in [-0.3, -0.25) is 5.41 Å². The maximum absolute atomic E-state index is 6.91. The van der Waals surface area contributed by atoms with Crippen molar-refractivity contribution in [2.45, 2.75) is 13.8 Å². The van der Waals surface area contributed by atoms with E-state index < -0.39 is 0 Å². The van der Waals surface area contributed by atoms with Crippen LogP contribution in [0.25, 0.3) is 0 Å². The SMILES string of the molecule is CC.CSC(=N)SC. The van der Waals surface area contributed by atoms with E-state index in [1.807, 2.05) is 26.4 Å². The lowest BCUT2D eigenvalue weighted by Gasteiger charge is -1.85. The van der Waals surface area contributed by atoms with Crippen LogP contribution >= 0.6 is 23.5 Å². The summed E-state index contributed by atoms with van der Waals surface area (Å²) in [5.74, 6) is 0. The van der Waals surface area contributed by atoms with Crippen molar-refractivity contribution < 1.29 is 0 Å². The van der Waals surface area contributed by atoms with Gasteiger partial charge in [0.25, 0.3) is 0 Å². The molecule has 0 aliphatic carbocycles. The van der Waals surface area contributed by atoms with Crippen LogP contribution in [0.15, 0.2) is 0 Å². The van der Waals surface area contributed by atoms with Crippen LogP contribution in [-0.2, 0) is 0 Å². The molecule has 0 aromatic heterocycles. The van der Waals surface area contributed by atoms with Gasteiger partial charge in [0.05, 0.1) is 0 Å². The Labute approximate surface area is 60.1 Å². The molecule has 0 aromatic rings. The van der Waals surface area contributed by atoms with E-state index in [1.165, 1.54) is 23.5 Å². The van der Waals surface area contributed by atoms with Crippen LogP contribution in [-0.4, -0.2) is 16.9 Å². The average Bonchev–Trinajstić information content (AvgIpc) is 1.91. The Morgan fingerprint density at radius 1 is 1.12 bits per heavy atom. The second-order valence-corrected chi connectivity index (χ2v) is 2.59. The smallest absolute Gasteiger partial charge is 0.121 e. The molecule has 0 aliphatic heterocycles. The zero-order valence-corrected chi connectivity index (χ0v) is 7.45. The first kappa shape index (κ1) is 11.2. The number of rotatable bonds is 0. The van der Waals surface area contributed by atoms with E-state index in [0.29, 0.717) is 4.38 Å². The highest BCUT2D eigenvalue weighted by Gasteiger charge is 1.82. The Kier molecular flexibility index (Phi) is 14.5. The zero-order valence-electron chi connectivity index (χ0n) is 5.82. The van der Waals surface area contributed by atoms with Gasteiger partial charge in [0.2, 0.25) is 0 Å². The molecular weight excluding hydrogens is 138 g/mol. The van der Waals surface area contributed by atoms with Crippen LogP contribution < -0.4 is 0 Å². The van der Waals surface area contributed by atoms with Crippen molar-refractivity contribution in [3.05, 3.63) is 0 Å². The van der Waals surface area contributed by atoms with Crippen molar-refractivity contribution in [1.29, 1.82) is 5.41 Å². The summed E-state index contributed by atoms with van der Waals surface area (Å²) in [6, 6.07) is 0. The maximum Gasteiger partial charge on any atom is 0.121 e. The second kappa shape index (κ2) is 10.4. The van der Waals surface area contributed by atoms with Crippen molar-refractivity contribution in [1.82, 2.24) is 0 Å². The van der Waals surface area contributed by atoms with Crippen molar-refractivity contribution in [3.63, 3.8) is 0 Å². The molecule has 0 saturated carbocycles. The zero-order chi connectivity index (χ0) is 6.99. The molecule has 0 spiro atoms. The minimum Gasteiger partial charge on any atom is -0.288 e. The molecule has 1 N–H and O–H groups in total. The molecule has 0 fully saturated rings. The van der Waals surface area contributed by atoms with Crippen LogP contribution in [0.5, 0.6) is 0 Å². The topological polar surface area (TPSA) is 23.9 Å². The van der Waals surface area contributed by atoms with Crippen molar-refractivity contribution in [3.8, 4) is 0 Å². The fourth-order valence-corrected chi connectivity index (χ4v) is 0.750. The Bertz CT molecular complexity index is 48.4. The van der Waals surface area contributed by atoms with Crippen LogP contribution in [0.3, 0.4) is 0 Å². The van der Waals surface area contributed by atoms with Gasteiger partial charge in [-0.1, -0.05) is 13.8 Å². The summed E-state index contributed by atoms with van der Waals surface area (Å²) in [5.41, 5.74) is 0. The second-order valence-electron chi connectivity index (χ2n) is 0.696. The summed E-state index contributed by atoms with van der Waals surface area (Å²) < 4.78 is 0.676. The van der Waals surface area contributed by atoms with E-state index >= 15 is 0 Å². The van der Waals surface area contributed by atoms with E-state index in [-0.39, 0.29) is 0 Å². The van der Waals surface area contributed by atoms with E-state index in [0.717, 1.165) is 0 Å². The van der Waals surface area contributed by atoms with Crippen molar-refractivity contribution in [2.75, 3.05) is 12.5 Å². The normalized spacial score (nSPS) is 7.00. The molecule has 0 aromatic carbocycles. The van der Waals surface area contributed by atoms with Gasteiger partial charge in [-0.25, -0.2) is 0 Å². The molecule has 8 heavy (non-hydrogen) atoms. The predicted octanol–water partition coefficient (Wildman–Crippen LogP) is 2.67. The first-order chi connectivity index (χ1) is 3.81. The summed E-state index contributed by atoms with van der Waals surface area (Å²) in [4.78, 5) is 0. The van der Waals surface area contributed by atoms with Crippen LogP contribution in [0.2, 0.25) is 0 Å². The third kappa shape index (κ3) is 9.62. The molecule has 0 saturated heterocycles. The van der Waals surface area contributed by atoms with Crippen LogP contribution in [0.4, 0.5) is 0 Å². The minimum atomic E-state index is 0.676. The van der Waals surface area contributed by atoms with E-state index in [2.05, 4.69) is 0 Å². The predicted molar refractivity (Wildman–Crippen MR) is 46.1 cm³/mol. The number of hydrogen-bond donors (Lipinski definition) is 1. The molecule has 0 amide bonds. The minimum absolute atomic E-state index is 0.676. The first-order valence-corrected chi connectivity index (χ1v) is 4.92. The largest absolute Gasteiger partial charge is 0.288 e.